The molecule has 0 aromatic rings. The van der Waals surface area contributed by atoms with E-state index in [9.17, 15) is 21.4 Å². The van der Waals surface area contributed by atoms with Crippen molar-refractivity contribution in [1.82, 2.24) is 30.2 Å². The summed E-state index contributed by atoms with van der Waals surface area (Å²) in [5.74, 6) is 0. The first-order chi connectivity index (χ1) is 14.9. The van der Waals surface area contributed by atoms with Crippen LogP contribution < -0.4 is 27.6 Å². The van der Waals surface area contributed by atoms with E-state index in [4.69, 9.17) is 0 Å². The zero-order valence-electron chi connectivity index (χ0n) is 22.8. The lowest BCUT2D eigenvalue weighted by Gasteiger charge is -2.30. The van der Waals surface area contributed by atoms with Crippen LogP contribution in [0.15, 0.2) is 0 Å². The third-order valence-electron chi connectivity index (χ3n) is 3.34. The summed E-state index contributed by atoms with van der Waals surface area (Å²) >= 11 is 0. The fourth-order valence-corrected chi connectivity index (χ4v) is 2.22. The number of nitrogens with one attached hydrogen (secondary N) is 2. The van der Waals surface area contributed by atoms with E-state index in [2.05, 4.69) is 113 Å². The fraction of sp³-hybridized carbons (Fsp3) is 1.00. The van der Waals surface area contributed by atoms with Crippen molar-refractivity contribution in [3.05, 3.63) is 0 Å². The van der Waals surface area contributed by atoms with E-state index in [0.29, 0.717) is 12.6 Å². The van der Waals surface area contributed by atoms with E-state index < -0.39 is 20.8 Å². The Hall–Kier alpha value is -0.0200. The van der Waals surface area contributed by atoms with Crippen LogP contribution in [-0.2, 0) is 33.3 Å². The Morgan fingerprint density at radius 2 is 0.732 bits per heavy atom. The third-order valence-corrected chi connectivity index (χ3v) is 4.57. The standard InChI is InChI=1S/2C7H19N3.C2H6O4S.CH4O4S.7CH4.BrH/c2*1-6-8-7(9(2)3)10(4)5;1-5-7(3,4)6-2;1-5-6(2,3)4;;;;;;;;/h2*7-8H,6H2,1-5H3;1-2H3;1H3,(H,2,3,4);7*1H4;1H/p-2. The lowest BCUT2D eigenvalue weighted by molar-refractivity contribution is -0.0000211. The van der Waals surface area contributed by atoms with E-state index in [-0.39, 0.29) is 69.0 Å². The number of hydrogen-bond donors (Lipinski definition) is 2. The molecule has 0 rings (SSSR count). The van der Waals surface area contributed by atoms with Crippen LogP contribution in [0.4, 0.5) is 0 Å². The molecule has 0 amide bonds. The maximum absolute atomic E-state index is 9.92. The average Bonchev–Trinajstić information content (AvgIpc) is 2.70. The Labute approximate surface area is 270 Å². The van der Waals surface area contributed by atoms with Gasteiger partial charge in [-0.3, -0.25) is 42.8 Å². The van der Waals surface area contributed by atoms with Gasteiger partial charge in [0.1, 0.15) is 12.6 Å². The van der Waals surface area contributed by atoms with Gasteiger partial charge in [0.05, 0.1) is 21.3 Å². The second-order valence-corrected chi connectivity index (χ2v) is 9.67. The van der Waals surface area contributed by atoms with Crippen LogP contribution >= 0.6 is 0 Å². The molecule has 0 fully saturated rings. The second kappa shape index (κ2) is 44.4. The van der Waals surface area contributed by atoms with E-state index in [1.807, 2.05) is 0 Å². The molecule has 0 spiro atoms. The summed E-state index contributed by atoms with van der Waals surface area (Å²) in [5.41, 5.74) is 0. The summed E-state index contributed by atoms with van der Waals surface area (Å²) in [4.78, 5) is 8.57. The molecule has 0 bridgehead atoms. The van der Waals surface area contributed by atoms with Crippen LogP contribution in [0.5, 0.6) is 0 Å². The first kappa shape index (κ1) is 78.0. The van der Waals surface area contributed by atoms with Gasteiger partial charge in [0.25, 0.3) is 0 Å². The highest BCUT2D eigenvalue weighted by molar-refractivity contribution is 7.81. The molecule has 0 saturated carbocycles. The van der Waals surface area contributed by atoms with E-state index >= 15 is 0 Å². The minimum absolute atomic E-state index is 0. The predicted octanol–water partition coefficient (Wildman–Crippen LogP) is 0.0791. The van der Waals surface area contributed by atoms with Crippen molar-refractivity contribution in [1.29, 1.82) is 0 Å². The van der Waals surface area contributed by atoms with Gasteiger partial charge in [-0.05, 0) is 69.5 Å². The maximum Gasteiger partial charge on any atom is 0.399 e. The highest BCUT2D eigenvalue weighted by Gasteiger charge is 2.10. The topological polar surface area (TPSA) is 156 Å². The SMILES string of the molecule is C.C.C.C.C.C.C.CCNC(N(C)C)N(C)C.CCNC(N(C)C)N(C)C.COS(=O)(=O)OC.COS(=O)(=O)[O-].[Br-]. The van der Waals surface area contributed by atoms with Gasteiger partial charge in [0.2, 0.25) is 10.4 Å². The van der Waals surface area contributed by atoms with Crippen molar-refractivity contribution in [2.45, 2.75) is 78.4 Å². The van der Waals surface area contributed by atoms with Gasteiger partial charge in [0, 0.05) is 0 Å². The number of rotatable bonds is 11. The summed E-state index contributed by atoms with van der Waals surface area (Å²) in [6.45, 7) is 6.22. The van der Waals surface area contributed by atoms with E-state index in [0.717, 1.165) is 34.4 Å². The Morgan fingerprint density at radius 1 is 0.561 bits per heavy atom. The molecule has 0 aromatic carbocycles. The van der Waals surface area contributed by atoms with Gasteiger partial charge in [-0.2, -0.15) is 8.42 Å². The molecule has 41 heavy (non-hydrogen) atoms. The molecule has 0 saturated heterocycles. The van der Waals surface area contributed by atoms with Crippen molar-refractivity contribution in [3.63, 3.8) is 0 Å². The summed E-state index contributed by atoms with van der Waals surface area (Å²) in [6.07, 6.45) is 0.704. The average molecular weight is 720 g/mol. The molecule has 0 aliphatic heterocycles. The van der Waals surface area contributed by atoms with Crippen LogP contribution in [0.3, 0.4) is 0 Å². The molecule has 14 nitrogen and oxygen atoms in total. The summed E-state index contributed by atoms with van der Waals surface area (Å²) in [7, 11) is 11.3. The number of hydrogen-bond acceptors (Lipinski definition) is 14. The minimum atomic E-state index is -4.41. The molecule has 17 heteroatoms. The largest absolute Gasteiger partial charge is 1.00 e. The highest BCUT2D eigenvalue weighted by atomic mass is 79.9. The summed E-state index contributed by atoms with van der Waals surface area (Å²) in [6, 6.07) is 0. The maximum atomic E-state index is 9.92. The lowest BCUT2D eigenvalue weighted by Crippen LogP contribution is -3.00. The Kier molecular flexibility index (Phi) is 84.5. The molecule has 270 valence electrons. The van der Waals surface area contributed by atoms with Gasteiger partial charge >= 0.3 is 10.4 Å². The quantitative estimate of drug-likeness (QED) is 0.168. The summed E-state index contributed by atoms with van der Waals surface area (Å²) in [5, 5.41) is 6.67. The van der Waals surface area contributed by atoms with E-state index in [1.54, 1.807) is 0 Å². The van der Waals surface area contributed by atoms with Crippen LogP contribution in [0, 0.1) is 0 Å². The zero-order chi connectivity index (χ0) is 27.4. The number of nitrogens with zero attached hydrogens (tertiary/aromatic N) is 4. The molecular formula is C24H75BrN6O8S2-2. The van der Waals surface area contributed by atoms with Crippen molar-refractivity contribution in [3.8, 4) is 0 Å². The second-order valence-electron chi connectivity index (χ2n) is 7.03. The van der Waals surface area contributed by atoms with Crippen LogP contribution in [0.1, 0.15) is 65.8 Å². The molecule has 2 N–H and O–H groups in total. The van der Waals surface area contributed by atoms with E-state index in [1.165, 1.54) is 0 Å². The summed E-state index contributed by atoms with van der Waals surface area (Å²) < 4.78 is 58.5. The predicted molar refractivity (Wildman–Crippen MR) is 176 cm³/mol. The smallest absolute Gasteiger partial charge is 0.399 e. The molecule has 0 atom stereocenters. The van der Waals surface area contributed by atoms with Crippen molar-refractivity contribution < 1.29 is 50.9 Å². The monoisotopic (exact) mass is 718 g/mol. The molecule has 0 heterocycles. The fourth-order valence-electron chi connectivity index (χ4n) is 2.09. The van der Waals surface area contributed by atoms with Gasteiger partial charge in [-0.25, -0.2) is 8.42 Å². The van der Waals surface area contributed by atoms with Crippen LogP contribution in [0.25, 0.3) is 0 Å². The van der Waals surface area contributed by atoms with Gasteiger partial charge in [-0.15, -0.1) is 0 Å². The van der Waals surface area contributed by atoms with Crippen LogP contribution in [0.2, 0.25) is 0 Å². The molecule has 0 aromatic heterocycles. The molecule has 0 radical (unpaired) electrons. The third kappa shape index (κ3) is 60.1. The minimum Gasteiger partial charge on any atom is -1.00 e. The number of halogens is 1. The van der Waals surface area contributed by atoms with Crippen molar-refractivity contribution in [2.75, 3.05) is 90.8 Å². The Balaban J connectivity index is -0.0000000261. The van der Waals surface area contributed by atoms with Crippen LogP contribution in [-0.4, -0.2) is 144 Å². The first-order valence-corrected chi connectivity index (χ1v) is 12.5. The van der Waals surface area contributed by atoms with Gasteiger partial charge in [0.15, 0.2) is 0 Å². The molecule has 0 unspecified atom stereocenters. The van der Waals surface area contributed by atoms with Gasteiger partial charge in [-0.1, -0.05) is 65.8 Å². The Bertz CT molecular complexity index is 596. The molecule has 0 aliphatic carbocycles. The van der Waals surface area contributed by atoms with Gasteiger partial charge < -0.3 is 21.5 Å². The molecular weight excluding hydrogens is 644 g/mol. The zero-order valence-corrected chi connectivity index (χ0v) is 26.0. The highest BCUT2D eigenvalue weighted by Crippen LogP contribution is 1.91. The molecule has 0 aliphatic rings. The normalized spacial score (nSPS) is 9.56. The lowest BCUT2D eigenvalue weighted by atomic mass is 10.6. The van der Waals surface area contributed by atoms with Crippen molar-refractivity contribution in [2.24, 2.45) is 0 Å². The first-order valence-electron chi connectivity index (χ1n) is 9.87. The van der Waals surface area contributed by atoms with Crippen molar-refractivity contribution >= 4 is 20.8 Å². The Morgan fingerprint density at radius 3 is 0.756 bits per heavy atom.